The molecule has 2 atom stereocenters. The highest BCUT2D eigenvalue weighted by atomic mass is 32.2. The average Bonchev–Trinajstić information content (AvgIpc) is 3.17. The van der Waals surface area contributed by atoms with E-state index in [2.05, 4.69) is 5.10 Å². The summed E-state index contributed by atoms with van der Waals surface area (Å²) in [5.41, 5.74) is 1.10. The minimum Gasteiger partial charge on any atom is -0.396 e. The summed E-state index contributed by atoms with van der Waals surface area (Å²) in [6, 6.07) is 3.50. The standard InChI is InChI=1S/C13H17N3O3S2/c1-15-13(2-4-14-15)21(18,19)16-6-11(8-17)12(7-16)10-3-5-20-9-10/h2-5,9,11-12,17H,6-8H2,1H3/t11-,12-/m0/s1. The second kappa shape index (κ2) is 5.53. The van der Waals surface area contributed by atoms with E-state index in [0.717, 1.165) is 5.56 Å². The van der Waals surface area contributed by atoms with E-state index in [0.29, 0.717) is 13.1 Å². The van der Waals surface area contributed by atoms with Gasteiger partial charge in [0.2, 0.25) is 0 Å². The second-order valence-electron chi connectivity index (χ2n) is 5.22. The first-order chi connectivity index (χ1) is 10.0. The fourth-order valence-corrected chi connectivity index (χ4v) is 5.17. The number of aliphatic hydroxyl groups excluding tert-OH is 1. The zero-order valence-electron chi connectivity index (χ0n) is 11.6. The molecule has 1 saturated heterocycles. The summed E-state index contributed by atoms with van der Waals surface area (Å²) in [5, 5.41) is 17.7. The fourth-order valence-electron chi connectivity index (χ4n) is 2.82. The maximum Gasteiger partial charge on any atom is 0.260 e. The first kappa shape index (κ1) is 14.7. The predicted molar refractivity (Wildman–Crippen MR) is 79.6 cm³/mol. The molecule has 3 heterocycles. The Morgan fingerprint density at radius 1 is 1.43 bits per heavy atom. The lowest BCUT2D eigenvalue weighted by molar-refractivity contribution is 0.223. The van der Waals surface area contributed by atoms with Crippen LogP contribution in [0.15, 0.2) is 34.1 Å². The molecule has 0 radical (unpaired) electrons. The summed E-state index contributed by atoms with van der Waals surface area (Å²) in [4.78, 5) is 0. The van der Waals surface area contributed by atoms with Crippen molar-refractivity contribution in [2.75, 3.05) is 19.7 Å². The Kier molecular flexibility index (Phi) is 3.87. The van der Waals surface area contributed by atoms with Gasteiger partial charge in [0.15, 0.2) is 5.03 Å². The van der Waals surface area contributed by atoms with E-state index in [1.54, 1.807) is 18.4 Å². The van der Waals surface area contributed by atoms with Gasteiger partial charge in [-0.05, 0) is 28.5 Å². The molecule has 0 aliphatic carbocycles. The number of aromatic nitrogens is 2. The van der Waals surface area contributed by atoms with E-state index in [9.17, 15) is 13.5 Å². The van der Waals surface area contributed by atoms with Crippen molar-refractivity contribution in [1.29, 1.82) is 0 Å². The molecule has 3 rings (SSSR count). The van der Waals surface area contributed by atoms with Crippen LogP contribution in [0.5, 0.6) is 0 Å². The molecular weight excluding hydrogens is 310 g/mol. The van der Waals surface area contributed by atoms with Crippen LogP contribution in [-0.4, -0.2) is 47.3 Å². The van der Waals surface area contributed by atoms with Crippen molar-refractivity contribution in [3.05, 3.63) is 34.7 Å². The van der Waals surface area contributed by atoms with Crippen LogP contribution in [0, 0.1) is 5.92 Å². The number of thiophene rings is 1. The molecule has 0 aromatic carbocycles. The molecule has 114 valence electrons. The zero-order chi connectivity index (χ0) is 15.0. The number of sulfonamides is 1. The van der Waals surface area contributed by atoms with Gasteiger partial charge in [-0.3, -0.25) is 4.68 Å². The Hall–Kier alpha value is -1.22. The molecule has 0 spiro atoms. The average molecular weight is 327 g/mol. The zero-order valence-corrected chi connectivity index (χ0v) is 13.2. The van der Waals surface area contributed by atoms with Crippen LogP contribution in [0.3, 0.4) is 0 Å². The van der Waals surface area contributed by atoms with E-state index in [1.165, 1.54) is 21.3 Å². The molecule has 1 N–H and O–H groups in total. The third kappa shape index (κ3) is 2.52. The van der Waals surface area contributed by atoms with E-state index >= 15 is 0 Å². The number of aryl methyl sites for hydroxylation is 1. The van der Waals surface area contributed by atoms with Gasteiger partial charge in [0.05, 0.1) is 6.20 Å². The Labute approximate surface area is 127 Å². The molecule has 6 nitrogen and oxygen atoms in total. The normalized spacial score (nSPS) is 23.7. The molecule has 1 aliphatic rings. The van der Waals surface area contributed by atoms with Crippen molar-refractivity contribution in [2.45, 2.75) is 10.9 Å². The van der Waals surface area contributed by atoms with E-state index < -0.39 is 10.0 Å². The summed E-state index contributed by atoms with van der Waals surface area (Å²) < 4.78 is 28.2. The summed E-state index contributed by atoms with van der Waals surface area (Å²) in [6.45, 7) is 0.720. The van der Waals surface area contributed by atoms with Gasteiger partial charge in [0.1, 0.15) is 0 Å². The molecule has 8 heteroatoms. The van der Waals surface area contributed by atoms with Crippen molar-refractivity contribution in [1.82, 2.24) is 14.1 Å². The predicted octanol–water partition coefficient (Wildman–Crippen LogP) is 0.878. The lowest BCUT2D eigenvalue weighted by Crippen LogP contribution is -2.30. The van der Waals surface area contributed by atoms with Crippen molar-refractivity contribution >= 4 is 21.4 Å². The van der Waals surface area contributed by atoms with Gasteiger partial charge in [-0.2, -0.15) is 20.7 Å². The van der Waals surface area contributed by atoms with Crippen molar-refractivity contribution in [2.24, 2.45) is 13.0 Å². The van der Waals surface area contributed by atoms with Crippen LogP contribution >= 0.6 is 11.3 Å². The SMILES string of the molecule is Cn1nccc1S(=O)(=O)N1C[C@@H](CO)[C@H](c2ccsc2)C1. The van der Waals surface area contributed by atoms with E-state index in [4.69, 9.17) is 0 Å². The largest absolute Gasteiger partial charge is 0.396 e. The van der Waals surface area contributed by atoms with Crippen molar-refractivity contribution in [3.8, 4) is 0 Å². The molecular formula is C13H17N3O3S2. The highest BCUT2D eigenvalue weighted by molar-refractivity contribution is 7.89. The molecule has 0 bridgehead atoms. The summed E-state index contributed by atoms with van der Waals surface area (Å²) in [5.74, 6) is -0.0214. The number of hydrogen-bond donors (Lipinski definition) is 1. The minimum atomic E-state index is -3.57. The molecule has 2 aromatic rings. The van der Waals surface area contributed by atoms with Gasteiger partial charge in [-0.15, -0.1) is 0 Å². The number of rotatable bonds is 4. The molecule has 0 saturated carbocycles. The van der Waals surface area contributed by atoms with Crippen LogP contribution < -0.4 is 0 Å². The van der Waals surface area contributed by atoms with Crippen molar-refractivity contribution < 1.29 is 13.5 Å². The van der Waals surface area contributed by atoms with E-state index in [1.807, 2.05) is 16.8 Å². The highest BCUT2D eigenvalue weighted by Gasteiger charge is 2.40. The molecule has 2 aromatic heterocycles. The summed E-state index contributed by atoms with van der Waals surface area (Å²) in [6.07, 6.45) is 1.48. The third-order valence-electron chi connectivity index (χ3n) is 3.99. The molecule has 1 fully saturated rings. The monoisotopic (exact) mass is 327 g/mol. The fraction of sp³-hybridized carbons (Fsp3) is 0.462. The molecule has 21 heavy (non-hydrogen) atoms. The summed E-state index contributed by atoms with van der Waals surface area (Å²) in [7, 11) is -1.95. The maximum absolute atomic E-state index is 12.7. The highest BCUT2D eigenvalue weighted by Crippen LogP contribution is 2.36. The van der Waals surface area contributed by atoms with Gasteiger partial charge >= 0.3 is 0 Å². The van der Waals surface area contributed by atoms with Crippen molar-refractivity contribution in [3.63, 3.8) is 0 Å². The number of nitrogens with zero attached hydrogens (tertiary/aromatic N) is 3. The van der Waals surface area contributed by atoms with Gasteiger partial charge in [0, 0.05) is 38.6 Å². The number of aliphatic hydroxyl groups is 1. The Bertz CT molecular complexity index is 709. The minimum absolute atomic E-state index is 0.0160. The Morgan fingerprint density at radius 3 is 2.81 bits per heavy atom. The van der Waals surface area contributed by atoms with Gasteiger partial charge in [-0.25, -0.2) is 8.42 Å². The van der Waals surface area contributed by atoms with Gasteiger partial charge < -0.3 is 5.11 Å². The molecule has 1 aliphatic heterocycles. The van der Waals surface area contributed by atoms with Crippen LogP contribution in [-0.2, 0) is 17.1 Å². The van der Waals surface area contributed by atoms with Gasteiger partial charge in [-0.1, -0.05) is 0 Å². The number of hydrogen-bond acceptors (Lipinski definition) is 5. The smallest absolute Gasteiger partial charge is 0.260 e. The molecule has 0 unspecified atom stereocenters. The Balaban J connectivity index is 1.90. The molecule has 0 amide bonds. The topological polar surface area (TPSA) is 75.4 Å². The first-order valence-electron chi connectivity index (χ1n) is 6.65. The lowest BCUT2D eigenvalue weighted by Gasteiger charge is -2.16. The Morgan fingerprint density at radius 2 is 2.24 bits per heavy atom. The third-order valence-corrected chi connectivity index (χ3v) is 6.60. The van der Waals surface area contributed by atoms with E-state index in [-0.39, 0.29) is 23.5 Å². The first-order valence-corrected chi connectivity index (χ1v) is 9.03. The summed E-state index contributed by atoms with van der Waals surface area (Å²) >= 11 is 1.58. The maximum atomic E-state index is 12.7. The van der Waals surface area contributed by atoms with Gasteiger partial charge in [0.25, 0.3) is 10.0 Å². The van der Waals surface area contributed by atoms with Crippen LogP contribution in [0.4, 0.5) is 0 Å². The lowest BCUT2D eigenvalue weighted by atomic mass is 9.92. The quantitative estimate of drug-likeness (QED) is 0.904. The van der Waals surface area contributed by atoms with Crippen LogP contribution in [0.25, 0.3) is 0 Å². The van der Waals surface area contributed by atoms with Crippen LogP contribution in [0.1, 0.15) is 11.5 Å². The van der Waals surface area contributed by atoms with Crippen LogP contribution in [0.2, 0.25) is 0 Å². The second-order valence-corrected chi connectivity index (χ2v) is 7.89.